The normalized spacial score (nSPS) is 10.9. The lowest BCUT2D eigenvalue weighted by Crippen LogP contribution is -2.34. The summed E-state index contributed by atoms with van der Waals surface area (Å²) < 4.78 is 6.76. The predicted octanol–water partition coefficient (Wildman–Crippen LogP) is 4.50. The Hall–Kier alpha value is -4.76. The Morgan fingerprint density at radius 2 is 1.54 bits per heavy atom. The number of amides is 1. The monoisotopic (exact) mass is 556 g/mol. The van der Waals surface area contributed by atoms with Crippen LogP contribution in [-0.2, 0) is 27.4 Å². The van der Waals surface area contributed by atoms with Crippen molar-refractivity contribution in [2.75, 3.05) is 21.1 Å². The third-order valence-electron chi connectivity index (χ3n) is 6.43. The molecule has 0 bridgehead atoms. The maximum Gasteiger partial charge on any atom is 0.310 e. The van der Waals surface area contributed by atoms with Crippen LogP contribution in [-0.4, -0.2) is 49.4 Å². The topological polar surface area (TPSA) is 127 Å². The zero-order valence-corrected chi connectivity index (χ0v) is 24.4. The molecule has 9 heteroatoms. The first-order chi connectivity index (χ1) is 19.3. The highest BCUT2D eigenvalue weighted by atomic mass is 16.6. The number of ether oxygens (including phenoxy) is 1. The minimum Gasteiger partial charge on any atom is -0.394 e. The number of fused-ring (bicyclic) bond motifs is 1. The predicted molar refractivity (Wildman–Crippen MR) is 163 cm³/mol. The van der Waals surface area contributed by atoms with Crippen molar-refractivity contribution in [3.63, 3.8) is 0 Å². The van der Waals surface area contributed by atoms with E-state index in [0.717, 1.165) is 32.1 Å². The van der Waals surface area contributed by atoms with Gasteiger partial charge in [-0.15, -0.1) is 0 Å². The fraction of sp³-hybridized carbons (Fsp3) is 0.250. The van der Waals surface area contributed by atoms with Crippen LogP contribution in [0.5, 0.6) is 0 Å². The van der Waals surface area contributed by atoms with Crippen molar-refractivity contribution in [1.82, 2.24) is 14.4 Å². The fourth-order valence-corrected chi connectivity index (χ4v) is 4.35. The van der Waals surface area contributed by atoms with Crippen LogP contribution in [0.15, 0.2) is 72.8 Å². The molecule has 0 spiro atoms. The number of nitrogens with two attached hydrogens (primary N) is 1. The van der Waals surface area contributed by atoms with Gasteiger partial charge in [0.25, 0.3) is 5.91 Å². The van der Waals surface area contributed by atoms with Crippen molar-refractivity contribution >= 4 is 40.3 Å². The summed E-state index contributed by atoms with van der Waals surface area (Å²) >= 11 is 0. The number of esters is 2. The summed E-state index contributed by atoms with van der Waals surface area (Å²) in [6.45, 7) is 5.38. The molecule has 1 aromatic heterocycles. The molecule has 0 aliphatic carbocycles. The van der Waals surface area contributed by atoms with E-state index in [2.05, 4.69) is 68.5 Å². The molecule has 214 valence electrons. The second-order valence-corrected chi connectivity index (χ2v) is 10.7. The molecular formula is C32H38N5O4+. The SMILES string of the molecule is CC(=O)OC(C)=O.Cc1cccc2c1cc(C(=O)NCc1ccc([N+](C)(C)C)cc1)n2Cc1cccc(C(=N)N)c1. The number of hydrogen-bond donors (Lipinski definition) is 3. The van der Waals surface area contributed by atoms with Crippen LogP contribution >= 0.6 is 0 Å². The zero-order valence-electron chi connectivity index (χ0n) is 24.4. The number of benzene rings is 3. The molecule has 41 heavy (non-hydrogen) atoms. The van der Waals surface area contributed by atoms with Gasteiger partial charge < -0.3 is 20.4 Å². The molecule has 4 N–H and O–H groups in total. The highest BCUT2D eigenvalue weighted by Crippen LogP contribution is 2.25. The number of nitrogens with zero attached hydrogens (tertiary/aromatic N) is 2. The number of nitrogen functional groups attached to an aromatic ring is 1. The summed E-state index contributed by atoms with van der Waals surface area (Å²) in [6, 6.07) is 24.0. The first-order valence-corrected chi connectivity index (χ1v) is 13.2. The lowest BCUT2D eigenvalue weighted by molar-refractivity contribution is -0.156. The number of aromatic nitrogens is 1. The summed E-state index contributed by atoms with van der Waals surface area (Å²) in [5.41, 5.74) is 12.3. The molecule has 4 aromatic rings. The first-order valence-electron chi connectivity index (χ1n) is 13.2. The van der Waals surface area contributed by atoms with Gasteiger partial charge in [0.15, 0.2) is 0 Å². The van der Waals surface area contributed by atoms with E-state index in [9.17, 15) is 14.4 Å². The van der Waals surface area contributed by atoms with Gasteiger partial charge in [0, 0.05) is 43.4 Å². The maximum absolute atomic E-state index is 13.3. The third kappa shape index (κ3) is 8.36. The largest absolute Gasteiger partial charge is 0.394 e. The molecule has 0 unspecified atom stereocenters. The van der Waals surface area contributed by atoms with Crippen molar-refractivity contribution in [3.8, 4) is 0 Å². The van der Waals surface area contributed by atoms with Crippen molar-refractivity contribution in [3.05, 3.63) is 101 Å². The van der Waals surface area contributed by atoms with Gasteiger partial charge in [-0.25, -0.2) is 0 Å². The van der Waals surface area contributed by atoms with Gasteiger partial charge in [-0.3, -0.25) is 24.3 Å². The number of aryl methyl sites for hydroxylation is 1. The van der Waals surface area contributed by atoms with Gasteiger partial charge in [-0.2, -0.15) is 0 Å². The molecule has 0 atom stereocenters. The smallest absolute Gasteiger partial charge is 0.310 e. The van der Waals surface area contributed by atoms with Gasteiger partial charge in [-0.1, -0.05) is 42.5 Å². The van der Waals surface area contributed by atoms with E-state index in [-0.39, 0.29) is 11.7 Å². The molecule has 1 amide bonds. The number of carbonyl (C=O) groups excluding carboxylic acids is 3. The zero-order chi connectivity index (χ0) is 30.3. The maximum atomic E-state index is 13.3. The average molecular weight is 557 g/mol. The number of quaternary nitrogens is 1. The van der Waals surface area contributed by atoms with E-state index in [4.69, 9.17) is 11.1 Å². The van der Waals surface area contributed by atoms with Crippen molar-refractivity contribution < 1.29 is 19.1 Å². The van der Waals surface area contributed by atoms with Crippen LogP contribution in [0.25, 0.3) is 10.9 Å². The molecule has 4 rings (SSSR count). The average Bonchev–Trinajstić information content (AvgIpc) is 3.26. The van der Waals surface area contributed by atoms with Crippen LogP contribution in [0.4, 0.5) is 5.69 Å². The summed E-state index contributed by atoms with van der Waals surface area (Å²) in [7, 11) is 6.39. The molecule has 0 fully saturated rings. The summed E-state index contributed by atoms with van der Waals surface area (Å²) in [6.07, 6.45) is 0. The summed E-state index contributed by atoms with van der Waals surface area (Å²) in [5.74, 6) is -1.21. The van der Waals surface area contributed by atoms with Crippen LogP contribution in [0, 0.1) is 12.3 Å². The van der Waals surface area contributed by atoms with Crippen LogP contribution in [0.3, 0.4) is 0 Å². The van der Waals surface area contributed by atoms with Gasteiger partial charge in [0.05, 0.1) is 21.1 Å². The van der Waals surface area contributed by atoms with E-state index >= 15 is 0 Å². The van der Waals surface area contributed by atoms with Gasteiger partial charge >= 0.3 is 11.9 Å². The first kappa shape index (κ1) is 30.8. The molecule has 1 heterocycles. The second kappa shape index (κ2) is 13.1. The molecule has 3 aromatic carbocycles. The lowest BCUT2D eigenvalue weighted by Gasteiger charge is -2.23. The molecule has 0 saturated carbocycles. The van der Waals surface area contributed by atoms with Crippen LogP contribution in [0.1, 0.15) is 46.6 Å². The fourth-order valence-electron chi connectivity index (χ4n) is 4.35. The summed E-state index contributed by atoms with van der Waals surface area (Å²) in [4.78, 5) is 32.9. The van der Waals surface area contributed by atoms with Crippen molar-refractivity contribution in [2.24, 2.45) is 5.73 Å². The van der Waals surface area contributed by atoms with Gasteiger partial charge in [0.2, 0.25) is 0 Å². The number of nitrogens with one attached hydrogen (secondary N) is 2. The molecule has 0 aliphatic rings. The number of hydrogen-bond acceptors (Lipinski definition) is 5. The van der Waals surface area contributed by atoms with Gasteiger partial charge in [-0.05, 0) is 53.9 Å². The van der Waals surface area contributed by atoms with E-state index < -0.39 is 11.9 Å². The molecule has 0 aliphatic heterocycles. The Morgan fingerprint density at radius 3 is 2.10 bits per heavy atom. The second-order valence-electron chi connectivity index (χ2n) is 10.7. The highest BCUT2D eigenvalue weighted by Gasteiger charge is 2.18. The van der Waals surface area contributed by atoms with Crippen LogP contribution < -0.4 is 15.5 Å². The minimum absolute atomic E-state index is 0.0318. The van der Waals surface area contributed by atoms with E-state index in [0.29, 0.717) is 24.3 Å². The Bertz CT molecular complexity index is 1570. The molecule has 9 nitrogen and oxygen atoms in total. The van der Waals surface area contributed by atoms with Crippen molar-refractivity contribution in [1.29, 1.82) is 5.41 Å². The lowest BCUT2D eigenvalue weighted by atomic mass is 10.1. The van der Waals surface area contributed by atoms with E-state index in [1.807, 2.05) is 47.0 Å². The van der Waals surface area contributed by atoms with Gasteiger partial charge in [0.1, 0.15) is 17.2 Å². The van der Waals surface area contributed by atoms with E-state index in [1.165, 1.54) is 19.5 Å². The number of amidine groups is 1. The van der Waals surface area contributed by atoms with Crippen molar-refractivity contribution in [2.45, 2.75) is 33.9 Å². The molecule has 0 saturated heterocycles. The minimum atomic E-state index is -0.562. The Morgan fingerprint density at radius 1 is 0.902 bits per heavy atom. The molecule has 0 radical (unpaired) electrons. The third-order valence-corrected chi connectivity index (χ3v) is 6.43. The number of rotatable bonds is 7. The highest BCUT2D eigenvalue weighted by molar-refractivity contribution is 5.99. The quantitative estimate of drug-likeness (QED) is 0.102. The Kier molecular flexibility index (Phi) is 9.81. The Labute approximate surface area is 240 Å². The standard InChI is InChI=1S/C28H31N5O.C4H6O3/c1-19-7-5-10-25-24(19)16-26(32(25)18-21-8-6-9-22(15-21)27(29)30)28(34)31-17-20-11-13-23(14-12-20)33(2,3)4;1-3(5)7-4(2)6/h5-16H,17-18H2,1-4H3,(H3-,29,30,31,34);1-2H3/p+1. The van der Waals surface area contributed by atoms with E-state index in [1.54, 1.807) is 0 Å². The summed E-state index contributed by atoms with van der Waals surface area (Å²) in [5, 5.41) is 11.9. The number of carbonyl (C=O) groups is 3. The Balaban J connectivity index is 0.000000587. The van der Waals surface area contributed by atoms with Crippen LogP contribution in [0.2, 0.25) is 0 Å². The molecular weight excluding hydrogens is 518 g/mol.